The average Bonchev–Trinajstić information content (AvgIpc) is 2.72. The highest BCUT2D eigenvalue weighted by Gasteiger charge is 2.26. The van der Waals surface area contributed by atoms with Crippen molar-refractivity contribution in [3.05, 3.63) is 35.4 Å². The molecular weight excluding hydrogens is 214 g/mol. The molecule has 3 heteroatoms. The van der Waals surface area contributed by atoms with E-state index in [-0.39, 0.29) is 5.92 Å². The van der Waals surface area contributed by atoms with Crippen LogP contribution in [0.5, 0.6) is 0 Å². The molecule has 1 aromatic carbocycles. The highest BCUT2D eigenvalue weighted by molar-refractivity contribution is 5.69. The third-order valence-corrected chi connectivity index (χ3v) is 3.64. The van der Waals surface area contributed by atoms with E-state index < -0.39 is 5.97 Å². The van der Waals surface area contributed by atoms with Crippen molar-refractivity contribution in [1.82, 2.24) is 4.90 Å². The van der Waals surface area contributed by atoms with Crippen LogP contribution in [0.15, 0.2) is 24.3 Å². The van der Waals surface area contributed by atoms with Gasteiger partial charge in [-0.05, 0) is 31.0 Å². The zero-order valence-electron chi connectivity index (χ0n) is 10.4. The molecule has 0 amide bonds. The minimum Gasteiger partial charge on any atom is -0.481 e. The standard InChI is InChI=1S/C14H19NO2/c1-10(14(16)17)9-15(2)13-7-11-5-3-4-6-12(11)8-13/h3-6,10,13H,7-9H2,1-2H3,(H,16,17). The number of benzene rings is 1. The molecule has 1 atom stereocenters. The predicted octanol–water partition coefficient (Wildman–Crippen LogP) is 1.81. The summed E-state index contributed by atoms with van der Waals surface area (Å²) in [5.41, 5.74) is 2.82. The van der Waals surface area contributed by atoms with Crippen molar-refractivity contribution in [2.24, 2.45) is 5.92 Å². The van der Waals surface area contributed by atoms with Crippen LogP contribution in [0, 0.1) is 5.92 Å². The smallest absolute Gasteiger partial charge is 0.307 e. The molecule has 0 spiro atoms. The molecule has 0 heterocycles. The molecule has 1 N–H and O–H groups in total. The number of hydrogen-bond acceptors (Lipinski definition) is 2. The molecular formula is C14H19NO2. The fourth-order valence-corrected chi connectivity index (χ4v) is 2.51. The summed E-state index contributed by atoms with van der Waals surface area (Å²) < 4.78 is 0. The van der Waals surface area contributed by atoms with E-state index in [1.165, 1.54) is 11.1 Å². The van der Waals surface area contributed by atoms with Crippen LogP contribution in [-0.4, -0.2) is 35.6 Å². The highest BCUT2D eigenvalue weighted by atomic mass is 16.4. The summed E-state index contributed by atoms with van der Waals surface area (Å²) in [6.45, 7) is 2.38. The first kappa shape index (κ1) is 12.1. The van der Waals surface area contributed by atoms with Gasteiger partial charge in [-0.3, -0.25) is 4.79 Å². The Bertz CT molecular complexity index is 391. The number of hydrogen-bond donors (Lipinski definition) is 1. The first-order chi connectivity index (χ1) is 8.08. The Labute approximate surface area is 102 Å². The van der Waals surface area contributed by atoms with Crippen LogP contribution in [0.4, 0.5) is 0 Å². The molecule has 1 aromatic rings. The second-order valence-corrected chi connectivity index (χ2v) is 5.01. The zero-order valence-corrected chi connectivity index (χ0v) is 10.4. The molecule has 0 radical (unpaired) electrons. The summed E-state index contributed by atoms with van der Waals surface area (Å²) >= 11 is 0. The Morgan fingerprint density at radius 1 is 1.41 bits per heavy atom. The maximum atomic E-state index is 10.8. The topological polar surface area (TPSA) is 40.5 Å². The lowest BCUT2D eigenvalue weighted by Crippen LogP contribution is -2.37. The molecule has 0 saturated carbocycles. The van der Waals surface area contributed by atoms with E-state index in [2.05, 4.69) is 29.2 Å². The van der Waals surface area contributed by atoms with Crippen LogP contribution < -0.4 is 0 Å². The lowest BCUT2D eigenvalue weighted by Gasteiger charge is -2.25. The van der Waals surface area contributed by atoms with Gasteiger partial charge in [0.1, 0.15) is 0 Å². The van der Waals surface area contributed by atoms with E-state index in [9.17, 15) is 4.79 Å². The third kappa shape index (κ3) is 2.67. The van der Waals surface area contributed by atoms with Crippen molar-refractivity contribution >= 4 is 5.97 Å². The van der Waals surface area contributed by atoms with E-state index in [0.717, 1.165) is 12.8 Å². The van der Waals surface area contributed by atoms with Gasteiger partial charge < -0.3 is 10.0 Å². The fraction of sp³-hybridized carbons (Fsp3) is 0.500. The number of fused-ring (bicyclic) bond motifs is 1. The minimum atomic E-state index is -0.715. The number of aliphatic carboxylic acids is 1. The van der Waals surface area contributed by atoms with Gasteiger partial charge in [0.25, 0.3) is 0 Å². The van der Waals surface area contributed by atoms with Gasteiger partial charge in [-0.1, -0.05) is 31.2 Å². The molecule has 1 unspecified atom stereocenters. The first-order valence-corrected chi connectivity index (χ1v) is 6.07. The molecule has 1 aliphatic carbocycles. The Morgan fingerprint density at radius 2 is 1.94 bits per heavy atom. The van der Waals surface area contributed by atoms with Crippen molar-refractivity contribution in [3.63, 3.8) is 0 Å². The molecule has 0 bridgehead atoms. The molecule has 3 nitrogen and oxygen atoms in total. The Balaban J connectivity index is 1.96. The van der Waals surface area contributed by atoms with Crippen LogP contribution in [-0.2, 0) is 17.6 Å². The van der Waals surface area contributed by atoms with E-state index >= 15 is 0 Å². The van der Waals surface area contributed by atoms with E-state index in [4.69, 9.17) is 5.11 Å². The molecule has 92 valence electrons. The van der Waals surface area contributed by atoms with E-state index in [0.29, 0.717) is 12.6 Å². The van der Waals surface area contributed by atoms with Crippen molar-refractivity contribution < 1.29 is 9.90 Å². The van der Waals surface area contributed by atoms with Crippen LogP contribution in [0.2, 0.25) is 0 Å². The van der Waals surface area contributed by atoms with Gasteiger partial charge in [0.05, 0.1) is 5.92 Å². The first-order valence-electron chi connectivity index (χ1n) is 6.07. The van der Waals surface area contributed by atoms with Crippen molar-refractivity contribution in [1.29, 1.82) is 0 Å². The molecule has 1 aliphatic rings. The molecule has 0 aliphatic heterocycles. The maximum Gasteiger partial charge on any atom is 0.307 e. The van der Waals surface area contributed by atoms with Crippen LogP contribution in [0.3, 0.4) is 0 Å². The predicted molar refractivity (Wildman–Crippen MR) is 67.1 cm³/mol. The van der Waals surface area contributed by atoms with Gasteiger partial charge in [-0.2, -0.15) is 0 Å². The zero-order chi connectivity index (χ0) is 12.4. The fourth-order valence-electron chi connectivity index (χ4n) is 2.51. The van der Waals surface area contributed by atoms with Crippen LogP contribution in [0.25, 0.3) is 0 Å². The third-order valence-electron chi connectivity index (χ3n) is 3.64. The molecule has 0 saturated heterocycles. The van der Waals surface area contributed by atoms with Gasteiger partial charge in [-0.25, -0.2) is 0 Å². The normalized spacial score (nSPS) is 17.1. The van der Waals surface area contributed by atoms with Crippen molar-refractivity contribution in [2.75, 3.05) is 13.6 Å². The van der Waals surface area contributed by atoms with E-state index in [1.54, 1.807) is 6.92 Å². The maximum absolute atomic E-state index is 10.8. The Kier molecular flexibility index (Phi) is 3.48. The molecule has 2 rings (SSSR count). The van der Waals surface area contributed by atoms with Gasteiger partial charge in [0.15, 0.2) is 0 Å². The number of carboxylic acids is 1. The number of likely N-dealkylation sites (N-methyl/N-ethyl adjacent to an activating group) is 1. The van der Waals surface area contributed by atoms with Gasteiger partial charge in [-0.15, -0.1) is 0 Å². The Morgan fingerprint density at radius 3 is 2.41 bits per heavy atom. The van der Waals surface area contributed by atoms with Gasteiger partial charge in [0.2, 0.25) is 0 Å². The summed E-state index contributed by atoms with van der Waals surface area (Å²) in [7, 11) is 2.02. The molecule has 0 fully saturated rings. The number of carbonyl (C=O) groups is 1. The number of carboxylic acid groups (broad SMARTS) is 1. The minimum absolute atomic E-state index is 0.302. The monoisotopic (exact) mass is 233 g/mol. The summed E-state index contributed by atoms with van der Waals surface area (Å²) in [5.74, 6) is -1.02. The summed E-state index contributed by atoms with van der Waals surface area (Å²) in [4.78, 5) is 13.0. The summed E-state index contributed by atoms with van der Waals surface area (Å²) in [6.07, 6.45) is 2.08. The number of rotatable bonds is 4. The lowest BCUT2D eigenvalue weighted by molar-refractivity contribution is -0.141. The quantitative estimate of drug-likeness (QED) is 0.862. The number of nitrogens with zero attached hydrogens (tertiary/aromatic N) is 1. The van der Waals surface area contributed by atoms with E-state index in [1.807, 2.05) is 7.05 Å². The second-order valence-electron chi connectivity index (χ2n) is 5.01. The Hall–Kier alpha value is -1.35. The SMILES string of the molecule is CC(CN(C)C1Cc2ccccc2C1)C(=O)O. The van der Waals surface area contributed by atoms with Crippen LogP contribution in [0.1, 0.15) is 18.1 Å². The largest absolute Gasteiger partial charge is 0.481 e. The highest BCUT2D eigenvalue weighted by Crippen LogP contribution is 2.25. The van der Waals surface area contributed by atoms with Gasteiger partial charge in [0, 0.05) is 12.6 Å². The van der Waals surface area contributed by atoms with Crippen molar-refractivity contribution in [2.45, 2.75) is 25.8 Å². The van der Waals surface area contributed by atoms with Crippen molar-refractivity contribution in [3.8, 4) is 0 Å². The summed E-state index contributed by atoms with van der Waals surface area (Å²) in [5, 5.41) is 8.92. The van der Waals surface area contributed by atoms with Gasteiger partial charge >= 0.3 is 5.97 Å². The molecule has 17 heavy (non-hydrogen) atoms. The molecule has 0 aromatic heterocycles. The summed E-state index contributed by atoms with van der Waals surface area (Å²) in [6, 6.07) is 8.93. The lowest BCUT2D eigenvalue weighted by atomic mass is 10.1. The van der Waals surface area contributed by atoms with Crippen LogP contribution >= 0.6 is 0 Å². The average molecular weight is 233 g/mol. The second kappa shape index (κ2) is 4.88.